The summed E-state index contributed by atoms with van der Waals surface area (Å²) in [6, 6.07) is 0.480. The molecule has 19 heavy (non-hydrogen) atoms. The summed E-state index contributed by atoms with van der Waals surface area (Å²) in [5.41, 5.74) is 0. The van der Waals surface area contributed by atoms with Crippen LogP contribution in [-0.2, 0) is 9.47 Å². The first-order valence-electron chi connectivity index (χ1n) is 7.07. The van der Waals surface area contributed by atoms with Gasteiger partial charge >= 0.3 is 0 Å². The number of hydrogen-bond acceptors (Lipinski definition) is 6. The van der Waals surface area contributed by atoms with E-state index in [0.717, 1.165) is 13.1 Å². The van der Waals surface area contributed by atoms with E-state index in [2.05, 4.69) is 10.2 Å². The monoisotopic (exact) mass is 276 g/mol. The number of nitrogens with zero attached hydrogens (tertiary/aromatic N) is 1. The van der Waals surface area contributed by atoms with Crippen LogP contribution in [0.15, 0.2) is 0 Å². The number of nitrogens with one attached hydrogen (secondary N) is 1. The third-order valence-corrected chi connectivity index (χ3v) is 3.27. The smallest absolute Gasteiger partial charge is 0.0900 e. The van der Waals surface area contributed by atoms with Crippen molar-refractivity contribution in [3.63, 3.8) is 0 Å². The van der Waals surface area contributed by atoms with Gasteiger partial charge in [0, 0.05) is 32.8 Å². The summed E-state index contributed by atoms with van der Waals surface area (Å²) in [5, 5.41) is 22.4. The number of aliphatic hydroxyl groups excluding tert-OH is 2. The van der Waals surface area contributed by atoms with Crippen LogP contribution in [0.5, 0.6) is 0 Å². The molecule has 0 amide bonds. The zero-order valence-corrected chi connectivity index (χ0v) is 11.9. The molecular formula is C13H28N2O4. The average Bonchev–Trinajstić information content (AvgIpc) is 2.88. The van der Waals surface area contributed by atoms with Gasteiger partial charge in [-0.2, -0.15) is 0 Å². The summed E-state index contributed by atoms with van der Waals surface area (Å²) in [4.78, 5) is 2.09. The lowest BCUT2D eigenvalue weighted by Crippen LogP contribution is -2.43. The number of aliphatic hydroxyl groups is 2. The van der Waals surface area contributed by atoms with Gasteiger partial charge in [-0.25, -0.2) is 0 Å². The molecule has 1 aliphatic rings. The molecule has 0 aromatic rings. The first kappa shape index (κ1) is 16.8. The summed E-state index contributed by atoms with van der Waals surface area (Å²) in [6.07, 6.45) is 1.85. The lowest BCUT2D eigenvalue weighted by molar-refractivity contribution is -0.00307. The van der Waals surface area contributed by atoms with Gasteiger partial charge in [0.15, 0.2) is 0 Å². The molecule has 1 saturated heterocycles. The number of methoxy groups -OCH3 is 1. The lowest BCUT2D eigenvalue weighted by Gasteiger charge is -2.27. The zero-order valence-electron chi connectivity index (χ0n) is 11.9. The van der Waals surface area contributed by atoms with Gasteiger partial charge in [0.1, 0.15) is 0 Å². The van der Waals surface area contributed by atoms with Crippen LogP contribution in [0, 0.1) is 0 Å². The normalized spacial score (nSPS) is 21.2. The van der Waals surface area contributed by atoms with Crippen molar-refractivity contribution in [1.82, 2.24) is 10.2 Å². The Labute approximate surface area is 115 Å². The fraction of sp³-hybridized carbons (Fsp3) is 1.00. The molecule has 1 heterocycles. The molecule has 1 rings (SSSR count). The van der Waals surface area contributed by atoms with E-state index in [0.29, 0.717) is 39.0 Å². The third kappa shape index (κ3) is 7.81. The van der Waals surface area contributed by atoms with Crippen molar-refractivity contribution in [1.29, 1.82) is 0 Å². The van der Waals surface area contributed by atoms with Crippen molar-refractivity contribution in [2.45, 2.75) is 25.0 Å². The van der Waals surface area contributed by atoms with Gasteiger partial charge in [-0.15, -0.1) is 0 Å². The minimum Gasteiger partial charge on any atom is -0.395 e. The molecule has 1 fully saturated rings. The topological polar surface area (TPSA) is 74.2 Å². The van der Waals surface area contributed by atoms with E-state index < -0.39 is 6.10 Å². The third-order valence-electron chi connectivity index (χ3n) is 3.27. The Morgan fingerprint density at radius 2 is 2.26 bits per heavy atom. The Morgan fingerprint density at radius 1 is 1.42 bits per heavy atom. The molecule has 6 nitrogen and oxygen atoms in total. The molecule has 114 valence electrons. The molecule has 0 aromatic carbocycles. The van der Waals surface area contributed by atoms with Gasteiger partial charge < -0.3 is 25.0 Å². The van der Waals surface area contributed by atoms with Gasteiger partial charge in [-0.05, 0) is 19.4 Å². The standard InChI is InChI=1S/C13H28N2O4/c1-18-7-8-19-11-13(17)10-15(5-6-16)9-12-3-2-4-14-12/h12-14,16-17H,2-11H2,1H3. The average molecular weight is 276 g/mol. The van der Waals surface area contributed by atoms with E-state index in [1.54, 1.807) is 7.11 Å². The number of ether oxygens (including phenoxy) is 2. The highest BCUT2D eigenvalue weighted by atomic mass is 16.5. The maximum absolute atomic E-state index is 9.91. The van der Waals surface area contributed by atoms with E-state index in [-0.39, 0.29) is 6.61 Å². The van der Waals surface area contributed by atoms with E-state index in [9.17, 15) is 5.11 Å². The number of rotatable bonds is 11. The molecule has 3 N–H and O–H groups in total. The molecule has 0 spiro atoms. The van der Waals surface area contributed by atoms with E-state index in [1.165, 1.54) is 12.8 Å². The number of hydrogen-bond donors (Lipinski definition) is 3. The quantitative estimate of drug-likeness (QED) is 0.423. The summed E-state index contributed by atoms with van der Waals surface area (Å²) < 4.78 is 10.2. The van der Waals surface area contributed by atoms with Crippen LogP contribution in [0.3, 0.4) is 0 Å². The predicted molar refractivity (Wildman–Crippen MR) is 73.3 cm³/mol. The fourth-order valence-electron chi connectivity index (χ4n) is 2.34. The minimum atomic E-state index is -0.523. The van der Waals surface area contributed by atoms with Gasteiger partial charge in [-0.3, -0.25) is 4.90 Å². The van der Waals surface area contributed by atoms with Gasteiger partial charge in [0.25, 0.3) is 0 Å². The summed E-state index contributed by atoms with van der Waals surface area (Å²) >= 11 is 0. The molecule has 0 radical (unpaired) electrons. The second-order valence-electron chi connectivity index (χ2n) is 5.00. The van der Waals surface area contributed by atoms with Crippen molar-refractivity contribution >= 4 is 0 Å². The first-order valence-corrected chi connectivity index (χ1v) is 7.07. The fourth-order valence-corrected chi connectivity index (χ4v) is 2.34. The van der Waals surface area contributed by atoms with Crippen LogP contribution in [0.4, 0.5) is 0 Å². The molecule has 2 atom stereocenters. The SMILES string of the molecule is COCCOCC(O)CN(CCO)CC1CCCN1. The highest BCUT2D eigenvalue weighted by Crippen LogP contribution is 2.07. The van der Waals surface area contributed by atoms with Gasteiger partial charge in [0.2, 0.25) is 0 Å². The highest BCUT2D eigenvalue weighted by Gasteiger charge is 2.19. The Bertz CT molecular complexity index is 213. The van der Waals surface area contributed by atoms with Crippen LogP contribution >= 0.6 is 0 Å². The maximum Gasteiger partial charge on any atom is 0.0900 e. The Hall–Kier alpha value is -0.240. The predicted octanol–water partition coefficient (Wildman–Crippen LogP) is -0.943. The van der Waals surface area contributed by atoms with Crippen molar-refractivity contribution in [2.75, 3.05) is 59.7 Å². The van der Waals surface area contributed by atoms with Crippen LogP contribution in [0.1, 0.15) is 12.8 Å². The van der Waals surface area contributed by atoms with Crippen molar-refractivity contribution in [2.24, 2.45) is 0 Å². The second-order valence-corrected chi connectivity index (χ2v) is 5.00. The van der Waals surface area contributed by atoms with Crippen molar-refractivity contribution < 1.29 is 19.7 Å². The molecule has 0 bridgehead atoms. The molecule has 0 aromatic heterocycles. The van der Waals surface area contributed by atoms with E-state index in [1.807, 2.05) is 0 Å². The van der Waals surface area contributed by atoms with Crippen molar-refractivity contribution in [3.8, 4) is 0 Å². The van der Waals surface area contributed by atoms with Gasteiger partial charge in [0.05, 0.1) is 32.5 Å². The van der Waals surface area contributed by atoms with Crippen LogP contribution < -0.4 is 5.32 Å². The molecule has 1 aliphatic heterocycles. The molecular weight excluding hydrogens is 248 g/mol. The van der Waals surface area contributed by atoms with Crippen LogP contribution in [0.2, 0.25) is 0 Å². The first-order chi connectivity index (χ1) is 9.26. The Kier molecular flexibility index (Phi) is 9.32. The molecule has 0 aliphatic carbocycles. The van der Waals surface area contributed by atoms with E-state index >= 15 is 0 Å². The Morgan fingerprint density at radius 3 is 2.89 bits per heavy atom. The van der Waals surface area contributed by atoms with Gasteiger partial charge in [-0.1, -0.05) is 0 Å². The lowest BCUT2D eigenvalue weighted by atomic mass is 10.2. The summed E-state index contributed by atoms with van der Waals surface area (Å²) in [5.74, 6) is 0. The molecule has 0 saturated carbocycles. The Balaban J connectivity index is 2.18. The van der Waals surface area contributed by atoms with Crippen LogP contribution in [-0.4, -0.2) is 87.0 Å². The molecule has 2 unspecified atom stereocenters. The highest BCUT2D eigenvalue weighted by molar-refractivity contribution is 4.78. The summed E-state index contributed by atoms with van der Waals surface area (Å²) in [7, 11) is 1.62. The maximum atomic E-state index is 9.91. The largest absolute Gasteiger partial charge is 0.395 e. The minimum absolute atomic E-state index is 0.115. The van der Waals surface area contributed by atoms with Crippen LogP contribution in [0.25, 0.3) is 0 Å². The zero-order chi connectivity index (χ0) is 13.9. The second kappa shape index (κ2) is 10.5. The van der Waals surface area contributed by atoms with E-state index in [4.69, 9.17) is 14.6 Å². The molecule has 6 heteroatoms. The summed E-state index contributed by atoms with van der Waals surface area (Å²) in [6.45, 7) is 4.53. The van der Waals surface area contributed by atoms with Crippen molar-refractivity contribution in [3.05, 3.63) is 0 Å².